The maximum absolute atomic E-state index is 5.76. The van der Waals surface area contributed by atoms with Gasteiger partial charge in [-0.25, -0.2) is 0 Å². The molecule has 82 valence electrons. The van der Waals surface area contributed by atoms with Crippen LogP contribution in [-0.4, -0.2) is 33.3 Å². The Morgan fingerprint density at radius 2 is 2.33 bits per heavy atom. The van der Waals surface area contributed by atoms with Crippen LogP contribution in [0.1, 0.15) is 5.56 Å². The van der Waals surface area contributed by atoms with Gasteiger partial charge in [-0.1, -0.05) is 6.07 Å². The summed E-state index contributed by atoms with van der Waals surface area (Å²) in [6.45, 7) is 3.79. The molecule has 0 radical (unpaired) electrons. The zero-order valence-corrected chi connectivity index (χ0v) is 9.58. The van der Waals surface area contributed by atoms with Crippen LogP contribution < -0.4 is 15.0 Å². The smallest absolute Gasteiger partial charge is 0.142 e. The Morgan fingerprint density at radius 3 is 3.07 bits per heavy atom. The van der Waals surface area contributed by atoms with Gasteiger partial charge in [-0.2, -0.15) is 0 Å². The number of nitrogens with zero attached hydrogens (tertiary/aromatic N) is 1. The number of anilines is 1. The topological polar surface area (TPSA) is 24.5 Å². The van der Waals surface area contributed by atoms with Crippen molar-refractivity contribution in [3.05, 3.63) is 23.8 Å². The highest BCUT2D eigenvalue weighted by molar-refractivity contribution is 5.61. The van der Waals surface area contributed by atoms with Gasteiger partial charge in [0.1, 0.15) is 12.4 Å². The Bertz CT molecular complexity index is 351. The van der Waals surface area contributed by atoms with Crippen LogP contribution in [0.2, 0.25) is 0 Å². The van der Waals surface area contributed by atoms with Crippen LogP contribution >= 0.6 is 0 Å². The molecule has 1 atom stereocenters. The minimum Gasteiger partial charge on any atom is -0.489 e. The number of fused-ring (bicyclic) bond motifs is 1. The third-order valence-electron chi connectivity index (χ3n) is 2.91. The van der Waals surface area contributed by atoms with Gasteiger partial charge >= 0.3 is 0 Å². The lowest BCUT2D eigenvalue weighted by molar-refractivity contribution is 0.264. The van der Waals surface area contributed by atoms with Gasteiger partial charge in [-0.05, 0) is 31.7 Å². The Hall–Kier alpha value is -1.22. The number of hydrogen-bond donors (Lipinski definition) is 1. The minimum atomic E-state index is 0.421. The zero-order valence-electron chi connectivity index (χ0n) is 9.58. The molecule has 1 aromatic rings. The van der Waals surface area contributed by atoms with E-state index in [9.17, 15) is 0 Å². The van der Waals surface area contributed by atoms with Gasteiger partial charge in [0.2, 0.25) is 0 Å². The monoisotopic (exact) mass is 206 g/mol. The standard InChI is InChI=1S/C12H18N2O/c1-9-4-5-11-12(6-9)15-8-10(7-13-2)14(11)3/h4-6,10,13H,7-8H2,1-3H3. The van der Waals surface area contributed by atoms with Gasteiger partial charge in [-0.3, -0.25) is 0 Å². The van der Waals surface area contributed by atoms with E-state index >= 15 is 0 Å². The number of rotatable bonds is 2. The first-order chi connectivity index (χ1) is 7.22. The first-order valence-electron chi connectivity index (χ1n) is 5.33. The number of benzene rings is 1. The van der Waals surface area contributed by atoms with Crippen molar-refractivity contribution in [1.29, 1.82) is 0 Å². The molecular formula is C12H18N2O. The van der Waals surface area contributed by atoms with Gasteiger partial charge < -0.3 is 15.0 Å². The quantitative estimate of drug-likeness (QED) is 0.792. The number of aryl methyl sites for hydroxylation is 1. The molecule has 1 aromatic carbocycles. The van der Waals surface area contributed by atoms with Crippen molar-refractivity contribution in [3.63, 3.8) is 0 Å². The predicted octanol–water partition coefficient (Wildman–Crippen LogP) is 1.41. The van der Waals surface area contributed by atoms with Crippen LogP contribution in [0.15, 0.2) is 18.2 Å². The SMILES string of the molecule is CNCC1COc2cc(C)ccc2N1C. The summed E-state index contributed by atoms with van der Waals surface area (Å²) in [7, 11) is 4.09. The normalized spacial score (nSPS) is 19.7. The molecule has 0 aliphatic carbocycles. The fourth-order valence-corrected chi connectivity index (χ4v) is 1.95. The summed E-state index contributed by atoms with van der Waals surface area (Å²) in [6, 6.07) is 6.78. The van der Waals surface area contributed by atoms with Crippen LogP contribution in [0.4, 0.5) is 5.69 Å². The Balaban J connectivity index is 2.26. The summed E-state index contributed by atoms with van der Waals surface area (Å²) >= 11 is 0. The van der Waals surface area contributed by atoms with Crippen molar-refractivity contribution in [3.8, 4) is 5.75 Å². The second-order valence-electron chi connectivity index (χ2n) is 4.10. The average molecular weight is 206 g/mol. The number of ether oxygens (including phenoxy) is 1. The summed E-state index contributed by atoms with van der Waals surface area (Å²) in [5.41, 5.74) is 2.43. The summed E-state index contributed by atoms with van der Waals surface area (Å²) in [4.78, 5) is 2.29. The van der Waals surface area contributed by atoms with Crippen LogP contribution in [0.25, 0.3) is 0 Å². The lowest BCUT2D eigenvalue weighted by atomic mass is 10.1. The fourth-order valence-electron chi connectivity index (χ4n) is 1.95. The van der Waals surface area contributed by atoms with E-state index in [4.69, 9.17) is 4.74 Å². The number of hydrogen-bond acceptors (Lipinski definition) is 3. The molecule has 1 heterocycles. The second-order valence-corrected chi connectivity index (χ2v) is 4.10. The molecule has 1 unspecified atom stereocenters. The van der Waals surface area contributed by atoms with E-state index in [2.05, 4.69) is 42.4 Å². The molecule has 15 heavy (non-hydrogen) atoms. The van der Waals surface area contributed by atoms with Crippen molar-refractivity contribution >= 4 is 5.69 Å². The summed E-state index contributed by atoms with van der Waals surface area (Å²) in [5.74, 6) is 1.00. The average Bonchev–Trinajstić information content (AvgIpc) is 2.22. The molecule has 2 rings (SSSR count). The summed E-state index contributed by atoms with van der Waals surface area (Å²) in [6.07, 6.45) is 0. The second kappa shape index (κ2) is 4.11. The van der Waals surface area contributed by atoms with Crippen molar-refractivity contribution in [2.45, 2.75) is 13.0 Å². The van der Waals surface area contributed by atoms with Gasteiger partial charge in [0.15, 0.2) is 0 Å². The van der Waals surface area contributed by atoms with Crippen LogP contribution in [-0.2, 0) is 0 Å². The third-order valence-corrected chi connectivity index (χ3v) is 2.91. The Labute approximate surface area is 91.0 Å². The molecule has 0 amide bonds. The van der Waals surface area contributed by atoms with E-state index in [0.717, 1.165) is 18.9 Å². The molecular weight excluding hydrogens is 188 g/mol. The molecule has 0 aromatic heterocycles. The van der Waals surface area contributed by atoms with E-state index in [0.29, 0.717) is 6.04 Å². The number of nitrogens with one attached hydrogen (secondary N) is 1. The third kappa shape index (κ3) is 1.92. The highest BCUT2D eigenvalue weighted by atomic mass is 16.5. The van der Waals surface area contributed by atoms with E-state index < -0.39 is 0 Å². The van der Waals surface area contributed by atoms with Crippen LogP contribution in [0, 0.1) is 6.92 Å². The molecule has 1 aliphatic rings. The zero-order chi connectivity index (χ0) is 10.8. The molecule has 3 nitrogen and oxygen atoms in total. The molecule has 1 aliphatic heterocycles. The maximum atomic E-state index is 5.76. The largest absolute Gasteiger partial charge is 0.489 e. The van der Waals surface area contributed by atoms with Crippen LogP contribution in [0.3, 0.4) is 0 Å². The molecule has 0 bridgehead atoms. The number of likely N-dealkylation sites (N-methyl/N-ethyl adjacent to an activating group) is 2. The van der Waals surface area contributed by atoms with E-state index in [-0.39, 0.29) is 0 Å². The lowest BCUT2D eigenvalue weighted by Gasteiger charge is -2.35. The highest BCUT2D eigenvalue weighted by Crippen LogP contribution is 2.33. The minimum absolute atomic E-state index is 0.421. The van der Waals surface area contributed by atoms with Gasteiger partial charge in [0, 0.05) is 13.6 Å². The first kappa shape index (κ1) is 10.3. The van der Waals surface area contributed by atoms with E-state index in [1.165, 1.54) is 11.3 Å². The summed E-state index contributed by atoms with van der Waals surface area (Å²) < 4.78 is 5.76. The Kier molecular flexibility index (Phi) is 2.82. The molecule has 0 saturated heterocycles. The predicted molar refractivity (Wildman–Crippen MR) is 62.8 cm³/mol. The molecule has 0 saturated carbocycles. The van der Waals surface area contributed by atoms with Crippen molar-refractivity contribution in [2.24, 2.45) is 0 Å². The van der Waals surface area contributed by atoms with Crippen LogP contribution in [0.5, 0.6) is 5.75 Å². The van der Waals surface area contributed by atoms with Crippen molar-refractivity contribution in [1.82, 2.24) is 5.32 Å². The van der Waals surface area contributed by atoms with Gasteiger partial charge in [-0.15, -0.1) is 0 Å². The fraction of sp³-hybridized carbons (Fsp3) is 0.500. The molecule has 0 spiro atoms. The van der Waals surface area contributed by atoms with E-state index in [1.54, 1.807) is 0 Å². The molecule has 3 heteroatoms. The summed E-state index contributed by atoms with van der Waals surface area (Å²) in [5, 5.41) is 3.19. The highest BCUT2D eigenvalue weighted by Gasteiger charge is 2.23. The van der Waals surface area contributed by atoms with E-state index in [1.807, 2.05) is 7.05 Å². The van der Waals surface area contributed by atoms with Gasteiger partial charge in [0.25, 0.3) is 0 Å². The first-order valence-corrected chi connectivity index (χ1v) is 5.33. The van der Waals surface area contributed by atoms with Crippen molar-refractivity contribution < 1.29 is 4.74 Å². The lowest BCUT2D eigenvalue weighted by Crippen LogP contribution is -2.46. The Morgan fingerprint density at radius 1 is 1.53 bits per heavy atom. The van der Waals surface area contributed by atoms with Crippen molar-refractivity contribution in [2.75, 3.05) is 32.1 Å². The van der Waals surface area contributed by atoms with Gasteiger partial charge in [0.05, 0.1) is 11.7 Å². The molecule has 1 N–H and O–H groups in total. The molecule has 0 fully saturated rings. The maximum Gasteiger partial charge on any atom is 0.142 e.